The van der Waals surface area contributed by atoms with Crippen molar-refractivity contribution in [1.82, 2.24) is 33.2 Å². The molecule has 16 rings (SSSR count). The maximum Gasteiger partial charge on any atom is 0.238 e. The standard InChI is InChI=1S/C69H43N7/c1-4-19-44(20-5-1)46-23-18-26-49(41-46)75-62-34-17-12-29-53(62)55-37-38-56-58-43-50(74-59-31-14-10-27-51(59)52-28-11-15-32-60(52)74)36-40-64(58)76(66(56)65(55)75)69-71-67(45-21-6-2-7-22-45)70-68(72-69)47-35-39-63-57(42-47)54-30-13-16-33-61(54)73(63)48-24-8-3-9-25-48/h1-43H. The second-order valence-corrected chi connectivity index (χ2v) is 19.6. The summed E-state index contributed by atoms with van der Waals surface area (Å²) in [4.78, 5) is 16.5. The molecule has 0 spiro atoms. The lowest BCUT2D eigenvalue weighted by atomic mass is 10.1. The number of fused-ring (bicyclic) bond motifs is 13. The Bertz CT molecular complexity index is 4930. The van der Waals surface area contributed by atoms with Crippen LogP contribution >= 0.6 is 0 Å². The second-order valence-electron chi connectivity index (χ2n) is 19.6. The third-order valence-corrected chi connectivity index (χ3v) is 15.4. The number of hydrogen-bond acceptors (Lipinski definition) is 3. The zero-order valence-corrected chi connectivity index (χ0v) is 41.0. The van der Waals surface area contributed by atoms with Crippen LogP contribution in [0.15, 0.2) is 261 Å². The molecule has 7 nitrogen and oxygen atoms in total. The fourth-order valence-corrected chi connectivity index (χ4v) is 12.1. The molecular formula is C69H43N7. The summed E-state index contributed by atoms with van der Waals surface area (Å²) in [7, 11) is 0. The van der Waals surface area contributed by atoms with E-state index in [9.17, 15) is 0 Å². The van der Waals surface area contributed by atoms with Crippen molar-refractivity contribution < 1.29 is 0 Å². The molecule has 16 aromatic rings. The highest BCUT2D eigenvalue weighted by molar-refractivity contribution is 6.24. The van der Waals surface area contributed by atoms with E-state index >= 15 is 0 Å². The molecule has 0 aliphatic carbocycles. The van der Waals surface area contributed by atoms with Crippen LogP contribution in [0, 0.1) is 0 Å². The summed E-state index contributed by atoms with van der Waals surface area (Å²) in [5, 5.41) is 9.20. The summed E-state index contributed by atoms with van der Waals surface area (Å²) in [5.41, 5.74) is 16.1. The Hall–Kier alpha value is -10.4. The SMILES string of the molecule is c1ccc(-c2cccc(-n3c4ccccc4c4ccc5c6cc(-n7c8ccccc8c8ccccc87)ccc6n(-c6nc(-c7ccccc7)nc(-c7ccc8c(c7)c7ccccc7n8-c7ccccc7)n6)c5c43)c2)cc1. The summed E-state index contributed by atoms with van der Waals surface area (Å²) < 4.78 is 9.49. The highest BCUT2D eigenvalue weighted by Gasteiger charge is 2.25. The summed E-state index contributed by atoms with van der Waals surface area (Å²) in [6, 6.07) is 93.4. The first kappa shape index (κ1) is 42.2. The topological polar surface area (TPSA) is 58.4 Å². The Morgan fingerprint density at radius 3 is 1.29 bits per heavy atom. The highest BCUT2D eigenvalue weighted by Crippen LogP contribution is 2.44. The van der Waals surface area contributed by atoms with Crippen molar-refractivity contribution in [3.05, 3.63) is 261 Å². The second kappa shape index (κ2) is 16.6. The van der Waals surface area contributed by atoms with Gasteiger partial charge in [0.05, 0.1) is 44.1 Å². The van der Waals surface area contributed by atoms with Crippen LogP contribution < -0.4 is 0 Å². The minimum Gasteiger partial charge on any atom is -0.309 e. The number of hydrogen-bond donors (Lipinski definition) is 0. The van der Waals surface area contributed by atoms with E-state index in [4.69, 9.17) is 15.0 Å². The van der Waals surface area contributed by atoms with Gasteiger partial charge in [0.1, 0.15) is 0 Å². The molecule has 354 valence electrons. The molecule has 11 aromatic carbocycles. The normalized spacial score (nSPS) is 11.9. The van der Waals surface area contributed by atoms with E-state index in [2.05, 4.69) is 261 Å². The van der Waals surface area contributed by atoms with Crippen molar-refractivity contribution in [1.29, 1.82) is 0 Å². The maximum absolute atomic E-state index is 5.61. The van der Waals surface area contributed by atoms with Crippen LogP contribution in [-0.2, 0) is 0 Å². The first-order chi connectivity index (χ1) is 37.7. The van der Waals surface area contributed by atoms with Gasteiger partial charge in [-0.2, -0.15) is 9.97 Å². The first-order valence-electron chi connectivity index (χ1n) is 25.8. The molecule has 0 atom stereocenters. The van der Waals surface area contributed by atoms with Crippen molar-refractivity contribution >= 4 is 87.2 Å². The molecule has 0 amide bonds. The lowest BCUT2D eigenvalue weighted by Gasteiger charge is -2.14. The number of para-hydroxylation sites is 5. The van der Waals surface area contributed by atoms with Crippen molar-refractivity contribution in [2.75, 3.05) is 0 Å². The van der Waals surface area contributed by atoms with Crippen molar-refractivity contribution in [3.8, 4) is 56.9 Å². The van der Waals surface area contributed by atoms with E-state index in [1.165, 1.54) is 10.8 Å². The van der Waals surface area contributed by atoms with Gasteiger partial charge in [0, 0.05) is 71.3 Å². The molecule has 76 heavy (non-hydrogen) atoms. The van der Waals surface area contributed by atoms with Crippen LogP contribution in [0.5, 0.6) is 0 Å². The third kappa shape index (κ3) is 6.33. The van der Waals surface area contributed by atoms with Gasteiger partial charge < -0.3 is 13.7 Å². The van der Waals surface area contributed by atoms with E-state index in [1.807, 2.05) is 18.2 Å². The zero-order chi connectivity index (χ0) is 49.8. The summed E-state index contributed by atoms with van der Waals surface area (Å²) in [6.45, 7) is 0. The maximum atomic E-state index is 5.61. The Kier molecular flexibility index (Phi) is 9.20. The average molecular weight is 970 g/mol. The quantitative estimate of drug-likeness (QED) is 0.160. The fourth-order valence-electron chi connectivity index (χ4n) is 12.1. The molecule has 0 aliphatic rings. The van der Waals surface area contributed by atoms with Crippen LogP contribution in [-0.4, -0.2) is 33.2 Å². The fraction of sp³-hybridized carbons (Fsp3) is 0. The van der Waals surface area contributed by atoms with Crippen LogP contribution in [0.4, 0.5) is 0 Å². The van der Waals surface area contributed by atoms with Gasteiger partial charge >= 0.3 is 0 Å². The Morgan fingerprint density at radius 1 is 0.211 bits per heavy atom. The molecule has 0 N–H and O–H groups in total. The van der Waals surface area contributed by atoms with Gasteiger partial charge in [0.25, 0.3) is 0 Å². The smallest absolute Gasteiger partial charge is 0.238 e. The molecule has 0 saturated heterocycles. The summed E-state index contributed by atoms with van der Waals surface area (Å²) >= 11 is 0. The van der Waals surface area contributed by atoms with E-state index in [1.54, 1.807) is 0 Å². The minimum absolute atomic E-state index is 0.530. The van der Waals surface area contributed by atoms with Gasteiger partial charge in [0.15, 0.2) is 11.6 Å². The molecule has 7 heteroatoms. The third-order valence-electron chi connectivity index (χ3n) is 15.4. The Morgan fingerprint density at radius 2 is 0.632 bits per heavy atom. The summed E-state index contributed by atoms with van der Waals surface area (Å²) in [5.74, 6) is 1.71. The van der Waals surface area contributed by atoms with Crippen LogP contribution in [0.1, 0.15) is 0 Å². The monoisotopic (exact) mass is 969 g/mol. The molecule has 0 unspecified atom stereocenters. The van der Waals surface area contributed by atoms with Crippen LogP contribution in [0.2, 0.25) is 0 Å². The molecule has 0 saturated carbocycles. The predicted molar refractivity (Wildman–Crippen MR) is 313 cm³/mol. The molecule has 0 fully saturated rings. The average Bonchev–Trinajstić information content (AvgIpc) is 4.32. The van der Waals surface area contributed by atoms with Gasteiger partial charge in [-0.15, -0.1) is 0 Å². The molecular weight excluding hydrogens is 927 g/mol. The van der Waals surface area contributed by atoms with Crippen molar-refractivity contribution in [2.45, 2.75) is 0 Å². The molecule has 0 bridgehead atoms. The number of aromatic nitrogens is 7. The largest absolute Gasteiger partial charge is 0.309 e. The van der Waals surface area contributed by atoms with Gasteiger partial charge in [0.2, 0.25) is 5.95 Å². The molecule has 0 aliphatic heterocycles. The van der Waals surface area contributed by atoms with Gasteiger partial charge in [-0.25, -0.2) is 4.98 Å². The van der Waals surface area contributed by atoms with E-state index in [0.29, 0.717) is 17.6 Å². The summed E-state index contributed by atoms with van der Waals surface area (Å²) in [6.07, 6.45) is 0. The predicted octanol–water partition coefficient (Wildman–Crippen LogP) is 17.3. The Balaban J connectivity index is 1.02. The lowest BCUT2D eigenvalue weighted by Crippen LogP contribution is -2.07. The van der Waals surface area contributed by atoms with Gasteiger partial charge in [-0.3, -0.25) is 4.57 Å². The van der Waals surface area contributed by atoms with Crippen LogP contribution in [0.3, 0.4) is 0 Å². The minimum atomic E-state index is 0.530. The highest BCUT2D eigenvalue weighted by atomic mass is 15.2. The lowest BCUT2D eigenvalue weighted by molar-refractivity contribution is 0.953. The number of nitrogens with zero attached hydrogens (tertiary/aromatic N) is 7. The molecule has 5 heterocycles. The number of benzene rings is 11. The van der Waals surface area contributed by atoms with E-state index < -0.39 is 0 Å². The molecule has 0 radical (unpaired) electrons. The van der Waals surface area contributed by atoms with Gasteiger partial charge in [-0.05, 0) is 96.1 Å². The first-order valence-corrected chi connectivity index (χ1v) is 25.8. The van der Waals surface area contributed by atoms with Gasteiger partial charge in [-0.1, -0.05) is 176 Å². The molecule has 5 aromatic heterocycles. The van der Waals surface area contributed by atoms with Crippen LogP contribution in [0.25, 0.3) is 144 Å². The van der Waals surface area contributed by atoms with E-state index in [0.717, 1.165) is 116 Å². The zero-order valence-electron chi connectivity index (χ0n) is 41.0. The van der Waals surface area contributed by atoms with Crippen molar-refractivity contribution in [3.63, 3.8) is 0 Å². The number of rotatable bonds is 7. The van der Waals surface area contributed by atoms with Crippen molar-refractivity contribution in [2.24, 2.45) is 0 Å². The van der Waals surface area contributed by atoms with E-state index in [-0.39, 0.29) is 0 Å². The Labute approximate surface area is 436 Å².